The van der Waals surface area contributed by atoms with Gasteiger partial charge in [-0.1, -0.05) is 4.40 Å². The van der Waals surface area contributed by atoms with Crippen LogP contribution >= 0.6 is 0 Å². The van der Waals surface area contributed by atoms with E-state index in [1.807, 2.05) is 0 Å². The second-order valence-electron chi connectivity index (χ2n) is 1.86. The maximum atomic E-state index is 10.8. The van der Waals surface area contributed by atoms with Gasteiger partial charge in [0.05, 0.1) is 7.11 Å². The van der Waals surface area contributed by atoms with Gasteiger partial charge in [-0.3, -0.25) is 4.79 Å². The molecule has 0 aromatic carbocycles. The van der Waals surface area contributed by atoms with Crippen molar-refractivity contribution in [1.29, 1.82) is 0 Å². The summed E-state index contributed by atoms with van der Waals surface area (Å²) >= 11 is 0. The number of isocyanates is 1. The number of carbonyl (C=O) groups is 1. The molecule has 1 atom stereocenters. The van der Waals surface area contributed by atoms with E-state index >= 15 is 0 Å². The number of carbonyl (C=O) groups excluding carboxylic acids is 2. The van der Waals surface area contributed by atoms with Crippen molar-refractivity contribution in [2.45, 2.75) is 12.2 Å². The quantitative estimate of drug-likeness (QED) is 0.333. The van der Waals surface area contributed by atoms with Gasteiger partial charge in [0, 0.05) is 0 Å². The third-order valence-corrected chi connectivity index (χ3v) is 2.56. The molecule has 0 aliphatic rings. The zero-order valence-corrected chi connectivity index (χ0v) is 7.29. The molecule has 0 rings (SSSR count). The summed E-state index contributed by atoms with van der Waals surface area (Å²) in [6.07, 6.45) is 0.847. The molecule has 68 valence electrons. The third-order valence-electron chi connectivity index (χ3n) is 1.14. The molecule has 0 saturated carbocycles. The van der Waals surface area contributed by atoms with E-state index in [4.69, 9.17) is 0 Å². The molecule has 0 heterocycles. The lowest BCUT2D eigenvalue weighted by atomic mass is 10.5. The Balaban J connectivity index is 4.81. The Morgan fingerprint density at radius 1 is 1.58 bits per heavy atom. The van der Waals surface area contributed by atoms with Crippen molar-refractivity contribution >= 4 is 22.1 Å². The van der Waals surface area contributed by atoms with Crippen LogP contribution in [-0.2, 0) is 24.3 Å². The molecule has 0 radical (unpaired) electrons. The lowest BCUT2D eigenvalue weighted by Crippen LogP contribution is -2.26. The Labute approximate surface area is 69.3 Å². The molecule has 0 aliphatic heterocycles. The van der Waals surface area contributed by atoms with E-state index in [1.165, 1.54) is 0 Å². The minimum absolute atomic E-state index is 0.847. The highest BCUT2D eigenvalue weighted by atomic mass is 32.2. The zero-order valence-electron chi connectivity index (χ0n) is 6.47. The summed E-state index contributed by atoms with van der Waals surface area (Å²) < 4.78 is 28.2. The second-order valence-corrected chi connectivity index (χ2v) is 3.78. The average molecular weight is 193 g/mol. The van der Waals surface area contributed by atoms with Gasteiger partial charge in [0.2, 0.25) is 0 Å². The molecular weight excluding hydrogens is 186 g/mol. The van der Waals surface area contributed by atoms with Gasteiger partial charge in [0.25, 0.3) is 16.1 Å². The summed E-state index contributed by atoms with van der Waals surface area (Å²) in [5.41, 5.74) is 0. The largest absolute Gasteiger partial charge is 0.468 e. The van der Waals surface area contributed by atoms with Gasteiger partial charge in [-0.25, -0.2) is 13.2 Å². The van der Waals surface area contributed by atoms with Crippen molar-refractivity contribution in [3.8, 4) is 0 Å². The molecule has 0 fully saturated rings. The topological polar surface area (TPSA) is 89.9 Å². The fraction of sp³-hybridized carbons (Fsp3) is 0.600. The van der Waals surface area contributed by atoms with Crippen molar-refractivity contribution in [3.63, 3.8) is 0 Å². The minimum Gasteiger partial charge on any atom is -0.468 e. The van der Waals surface area contributed by atoms with Crippen molar-refractivity contribution in [3.05, 3.63) is 0 Å². The molecule has 0 amide bonds. The number of hydrogen-bond acceptors (Lipinski definition) is 5. The van der Waals surface area contributed by atoms with Crippen LogP contribution in [0.1, 0.15) is 6.92 Å². The summed E-state index contributed by atoms with van der Waals surface area (Å²) in [6.45, 7) is 1.07. The second kappa shape index (κ2) is 3.99. The Kier molecular flexibility index (Phi) is 3.59. The monoisotopic (exact) mass is 193 g/mol. The Hall–Kier alpha value is -1.20. The number of ether oxygens (including phenoxy) is 1. The predicted octanol–water partition coefficient (Wildman–Crippen LogP) is -0.787. The highest BCUT2D eigenvalue weighted by molar-refractivity contribution is 7.91. The summed E-state index contributed by atoms with van der Waals surface area (Å²) in [6, 6.07) is 0. The van der Waals surface area contributed by atoms with E-state index < -0.39 is 21.2 Å². The molecule has 0 aromatic heterocycles. The molecule has 1 unspecified atom stereocenters. The minimum atomic E-state index is -4.09. The van der Waals surface area contributed by atoms with Crippen LogP contribution < -0.4 is 0 Å². The summed E-state index contributed by atoms with van der Waals surface area (Å²) in [5, 5.41) is -1.47. The molecule has 0 saturated heterocycles. The van der Waals surface area contributed by atoms with E-state index in [-0.39, 0.29) is 0 Å². The first-order valence-corrected chi connectivity index (χ1v) is 4.37. The van der Waals surface area contributed by atoms with Crippen molar-refractivity contribution < 1.29 is 22.7 Å². The normalized spacial score (nSPS) is 12.8. The van der Waals surface area contributed by atoms with Crippen molar-refractivity contribution in [2.75, 3.05) is 7.11 Å². The highest BCUT2D eigenvalue weighted by Crippen LogP contribution is 2.03. The molecule has 0 bridgehead atoms. The first kappa shape index (κ1) is 10.8. The predicted molar refractivity (Wildman–Crippen MR) is 38.5 cm³/mol. The number of sulfonamides is 1. The smallest absolute Gasteiger partial charge is 0.325 e. The van der Waals surface area contributed by atoms with E-state index in [0.29, 0.717) is 0 Å². The van der Waals surface area contributed by atoms with Gasteiger partial charge in [0.15, 0.2) is 5.25 Å². The van der Waals surface area contributed by atoms with Crippen LogP contribution in [0.4, 0.5) is 0 Å². The molecule has 0 aromatic rings. The van der Waals surface area contributed by atoms with E-state index in [9.17, 15) is 18.0 Å². The van der Waals surface area contributed by atoms with Crippen LogP contribution in [-0.4, -0.2) is 32.8 Å². The van der Waals surface area contributed by atoms with Crippen LogP contribution in [0.2, 0.25) is 0 Å². The summed E-state index contributed by atoms with van der Waals surface area (Å²) in [5.74, 6) is -0.964. The van der Waals surface area contributed by atoms with Gasteiger partial charge in [-0.15, -0.1) is 0 Å². The molecular formula is C5H7NO5S. The highest BCUT2D eigenvalue weighted by Gasteiger charge is 2.28. The molecule has 12 heavy (non-hydrogen) atoms. The van der Waals surface area contributed by atoms with Gasteiger partial charge in [-0.05, 0) is 6.92 Å². The van der Waals surface area contributed by atoms with Crippen LogP contribution in [0.3, 0.4) is 0 Å². The van der Waals surface area contributed by atoms with Gasteiger partial charge >= 0.3 is 5.97 Å². The third kappa shape index (κ3) is 2.44. The van der Waals surface area contributed by atoms with E-state index in [1.54, 1.807) is 0 Å². The van der Waals surface area contributed by atoms with Gasteiger partial charge in [0.1, 0.15) is 0 Å². The molecule has 0 spiro atoms. The standard InChI is InChI=1S/C5H7NO5S/c1-4(5(8)11-2)12(9,10)6-3-7/h4H,1-2H3. The Morgan fingerprint density at radius 2 is 2.08 bits per heavy atom. The molecule has 0 N–H and O–H groups in total. The van der Waals surface area contributed by atoms with Crippen LogP contribution in [0.5, 0.6) is 0 Å². The number of methoxy groups -OCH3 is 1. The first-order chi connectivity index (χ1) is 5.45. The first-order valence-electron chi connectivity index (χ1n) is 2.86. The lowest BCUT2D eigenvalue weighted by molar-refractivity contribution is -0.139. The number of rotatable bonds is 3. The van der Waals surface area contributed by atoms with Gasteiger partial charge in [-0.2, -0.15) is 0 Å². The summed E-state index contributed by atoms with van der Waals surface area (Å²) in [7, 11) is -3.05. The molecule has 7 heteroatoms. The summed E-state index contributed by atoms with van der Waals surface area (Å²) in [4.78, 5) is 20.3. The zero-order chi connectivity index (χ0) is 9.78. The van der Waals surface area contributed by atoms with Crippen LogP contribution in [0.15, 0.2) is 4.40 Å². The number of nitrogens with zero attached hydrogens (tertiary/aromatic N) is 1. The van der Waals surface area contributed by atoms with Crippen molar-refractivity contribution in [2.24, 2.45) is 4.40 Å². The maximum Gasteiger partial charge on any atom is 0.325 e. The molecule has 0 aliphatic carbocycles. The number of esters is 1. The van der Waals surface area contributed by atoms with E-state index in [2.05, 4.69) is 9.13 Å². The fourth-order valence-corrected chi connectivity index (χ4v) is 1.02. The van der Waals surface area contributed by atoms with E-state index in [0.717, 1.165) is 20.1 Å². The molecule has 6 nitrogen and oxygen atoms in total. The SMILES string of the molecule is COC(=O)C(C)S(=O)(=O)N=C=O. The maximum absolute atomic E-state index is 10.8. The van der Waals surface area contributed by atoms with Crippen LogP contribution in [0, 0.1) is 0 Å². The number of hydrogen-bond donors (Lipinski definition) is 0. The van der Waals surface area contributed by atoms with Crippen molar-refractivity contribution in [1.82, 2.24) is 0 Å². The van der Waals surface area contributed by atoms with Gasteiger partial charge < -0.3 is 4.74 Å². The average Bonchev–Trinajstić information content (AvgIpc) is 2.01. The Bertz CT molecular complexity index is 313. The van der Waals surface area contributed by atoms with Crippen LogP contribution in [0.25, 0.3) is 0 Å². The lowest BCUT2D eigenvalue weighted by Gasteiger charge is -2.03. The fourth-order valence-electron chi connectivity index (χ4n) is 0.419. The Morgan fingerprint density at radius 3 is 2.42 bits per heavy atom.